The molecule has 1 aromatic heterocycles. The third-order valence-corrected chi connectivity index (χ3v) is 3.22. The van der Waals surface area contributed by atoms with Gasteiger partial charge in [0.25, 0.3) is 0 Å². The molecule has 0 spiro atoms. The smallest absolute Gasteiger partial charge is 0.103 e. The molecule has 1 atom stereocenters. The van der Waals surface area contributed by atoms with E-state index in [1.807, 2.05) is 13.2 Å². The van der Waals surface area contributed by atoms with Crippen LogP contribution in [0.25, 0.3) is 0 Å². The van der Waals surface area contributed by atoms with Gasteiger partial charge >= 0.3 is 0 Å². The first-order chi connectivity index (χ1) is 7.77. The van der Waals surface area contributed by atoms with Crippen LogP contribution in [-0.4, -0.2) is 14.9 Å². The number of rotatable bonds is 2. The normalized spacial score (nSPS) is 23.0. The molecule has 1 aliphatic rings. The van der Waals surface area contributed by atoms with Crippen molar-refractivity contribution < 1.29 is 5.11 Å². The molecule has 1 aliphatic carbocycles. The molecule has 0 saturated carbocycles. The minimum absolute atomic E-state index is 0.452. The first kappa shape index (κ1) is 11.4. The minimum atomic E-state index is -0.452. The van der Waals surface area contributed by atoms with Gasteiger partial charge in [-0.25, -0.2) is 0 Å². The van der Waals surface area contributed by atoms with Crippen molar-refractivity contribution in [2.45, 2.75) is 44.6 Å². The van der Waals surface area contributed by atoms with Crippen LogP contribution in [0.15, 0.2) is 24.0 Å². The van der Waals surface area contributed by atoms with E-state index in [0.29, 0.717) is 0 Å². The third kappa shape index (κ3) is 2.73. The molecule has 1 N–H and O–H groups in total. The summed E-state index contributed by atoms with van der Waals surface area (Å²) in [5.41, 5.74) is 2.09. The molecule has 3 nitrogen and oxygen atoms in total. The summed E-state index contributed by atoms with van der Waals surface area (Å²) in [5, 5.41) is 14.4. The predicted molar refractivity (Wildman–Crippen MR) is 64.0 cm³/mol. The number of hydrogen-bond donors (Lipinski definition) is 1. The topological polar surface area (TPSA) is 38.0 Å². The number of nitrogens with zero attached hydrogens (tertiary/aromatic N) is 2. The highest BCUT2D eigenvalue weighted by atomic mass is 16.3. The Hall–Kier alpha value is -1.09. The van der Waals surface area contributed by atoms with Gasteiger partial charge in [-0.3, -0.25) is 4.68 Å². The van der Waals surface area contributed by atoms with E-state index in [1.54, 1.807) is 10.9 Å². The van der Waals surface area contributed by atoms with Crippen LogP contribution < -0.4 is 0 Å². The maximum absolute atomic E-state index is 10.3. The van der Waals surface area contributed by atoms with Gasteiger partial charge in [-0.2, -0.15) is 5.10 Å². The first-order valence-electron chi connectivity index (χ1n) is 6.13. The Bertz CT molecular complexity index is 368. The molecule has 0 fully saturated rings. The molecule has 0 aromatic carbocycles. The van der Waals surface area contributed by atoms with E-state index in [4.69, 9.17) is 0 Å². The lowest BCUT2D eigenvalue weighted by Crippen LogP contribution is -2.02. The summed E-state index contributed by atoms with van der Waals surface area (Å²) in [4.78, 5) is 0. The molecule has 2 rings (SSSR count). The molecule has 0 aliphatic heterocycles. The highest BCUT2D eigenvalue weighted by Crippen LogP contribution is 2.28. The molecule has 88 valence electrons. The van der Waals surface area contributed by atoms with Gasteiger partial charge in [-0.1, -0.05) is 18.9 Å². The predicted octanol–water partition coefficient (Wildman–Crippen LogP) is 2.73. The van der Waals surface area contributed by atoms with Crippen molar-refractivity contribution in [2.24, 2.45) is 7.05 Å². The second-order valence-corrected chi connectivity index (χ2v) is 4.58. The Morgan fingerprint density at radius 3 is 2.88 bits per heavy atom. The van der Waals surface area contributed by atoms with Gasteiger partial charge in [0.15, 0.2) is 0 Å². The van der Waals surface area contributed by atoms with Gasteiger partial charge in [0.2, 0.25) is 0 Å². The molecular formula is C13H20N2O. The van der Waals surface area contributed by atoms with Gasteiger partial charge in [-0.05, 0) is 31.3 Å². The fraction of sp³-hybridized carbons (Fsp3) is 0.615. The molecule has 1 heterocycles. The zero-order valence-electron chi connectivity index (χ0n) is 9.89. The van der Waals surface area contributed by atoms with Gasteiger partial charge in [-0.15, -0.1) is 0 Å². The second-order valence-electron chi connectivity index (χ2n) is 4.58. The second kappa shape index (κ2) is 5.30. The first-order valence-corrected chi connectivity index (χ1v) is 6.13. The van der Waals surface area contributed by atoms with Crippen LogP contribution in [0.5, 0.6) is 0 Å². The number of hydrogen-bond acceptors (Lipinski definition) is 2. The molecule has 0 saturated heterocycles. The van der Waals surface area contributed by atoms with Crippen molar-refractivity contribution >= 4 is 0 Å². The number of aliphatic hydroxyl groups is 1. The molecule has 1 aromatic rings. The van der Waals surface area contributed by atoms with Gasteiger partial charge in [0.1, 0.15) is 6.10 Å². The average Bonchev–Trinajstić information content (AvgIpc) is 2.63. The molecule has 0 bridgehead atoms. The van der Waals surface area contributed by atoms with Crippen molar-refractivity contribution in [3.8, 4) is 0 Å². The van der Waals surface area contributed by atoms with Crippen LogP contribution in [0.2, 0.25) is 0 Å². The summed E-state index contributed by atoms with van der Waals surface area (Å²) in [6.45, 7) is 0. The Morgan fingerprint density at radius 2 is 2.12 bits per heavy atom. The van der Waals surface area contributed by atoms with Crippen molar-refractivity contribution in [3.63, 3.8) is 0 Å². The number of aryl methyl sites for hydroxylation is 1. The standard InChI is InChI=1S/C13H20N2O/c1-15-10-12(9-14-15)13(16)11-7-5-3-2-4-6-8-11/h7,9-10,13,16H,2-6,8H2,1H3/b11-7+. The van der Waals surface area contributed by atoms with Crippen LogP contribution in [0.4, 0.5) is 0 Å². The van der Waals surface area contributed by atoms with Crippen LogP contribution in [0, 0.1) is 0 Å². The largest absolute Gasteiger partial charge is 0.384 e. The molecule has 0 amide bonds. The minimum Gasteiger partial charge on any atom is -0.384 e. The lowest BCUT2D eigenvalue weighted by atomic mass is 9.94. The fourth-order valence-electron chi connectivity index (χ4n) is 2.26. The number of allylic oxidation sites excluding steroid dienone is 1. The van der Waals surface area contributed by atoms with Crippen LogP contribution in [0.3, 0.4) is 0 Å². The van der Waals surface area contributed by atoms with E-state index in [9.17, 15) is 5.11 Å². The number of aliphatic hydroxyl groups excluding tert-OH is 1. The van der Waals surface area contributed by atoms with Crippen molar-refractivity contribution in [1.82, 2.24) is 9.78 Å². The van der Waals surface area contributed by atoms with Crippen LogP contribution in [-0.2, 0) is 7.05 Å². The SMILES string of the molecule is Cn1cc(C(O)/C2=C/CCCCCC2)cn1. The monoisotopic (exact) mass is 220 g/mol. The van der Waals surface area contributed by atoms with E-state index >= 15 is 0 Å². The van der Waals surface area contributed by atoms with Crippen molar-refractivity contribution in [1.29, 1.82) is 0 Å². The average molecular weight is 220 g/mol. The van der Waals surface area contributed by atoms with Gasteiger partial charge < -0.3 is 5.11 Å². The quantitative estimate of drug-likeness (QED) is 0.778. The molecular weight excluding hydrogens is 200 g/mol. The van der Waals surface area contributed by atoms with Gasteiger partial charge in [0, 0.05) is 18.8 Å². The Labute approximate surface area is 96.8 Å². The summed E-state index contributed by atoms with van der Waals surface area (Å²) in [7, 11) is 1.88. The maximum Gasteiger partial charge on any atom is 0.103 e. The molecule has 0 radical (unpaired) electrons. The summed E-state index contributed by atoms with van der Waals surface area (Å²) >= 11 is 0. The summed E-state index contributed by atoms with van der Waals surface area (Å²) in [5.74, 6) is 0. The molecule has 16 heavy (non-hydrogen) atoms. The molecule has 3 heteroatoms. The zero-order valence-corrected chi connectivity index (χ0v) is 9.89. The summed E-state index contributed by atoms with van der Waals surface area (Å²) in [6.07, 6.45) is 12.6. The summed E-state index contributed by atoms with van der Waals surface area (Å²) in [6, 6.07) is 0. The zero-order chi connectivity index (χ0) is 11.4. The lowest BCUT2D eigenvalue weighted by molar-refractivity contribution is 0.209. The number of aromatic nitrogens is 2. The maximum atomic E-state index is 10.3. The fourth-order valence-corrected chi connectivity index (χ4v) is 2.26. The molecule has 1 unspecified atom stereocenters. The Morgan fingerprint density at radius 1 is 1.31 bits per heavy atom. The lowest BCUT2D eigenvalue weighted by Gasteiger charge is -2.16. The third-order valence-electron chi connectivity index (χ3n) is 3.22. The van der Waals surface area contributed by atoms with E-state index in [-0.39, 0.29) is 0 Å². The van der Waals surface area contributed by atoms with Gasteiger partial charge in [0.05, 0.1) is 6.20 Å². The summed E-state index contributed by atoms with van der Waals surface area (Å²) < 4.78 is 1.74. The van der Waals surface area contributed by atoms with Crippen LogP contribution in [0.1, 0.15) is 50.2 Å². The highest BCUT2D eigenvalue weighted by molar-refractivity contribution is 5.21. The van der Waals surface area contributed by atoms with Crippen molar-refractivity contribution in [3.05, 3.63) is 29.6 Å². The van der Waals surface area contributed by atoms with Crippen LogP contribution >= 0.6 is 0 Å². The Kier molecular flexibility index (Phi) is 3.78. The van der Waals surface area contributed by atoms with E-state index in [1.165, 1.54) is 31.3 Å². The van der Waals surface area contributed by atoms with E-state index in [2.05, 4.69) is 11.2 Å². The van der Waals surface area contributed by atoms with Crippen molar-refractivity contribution in [2.75, 3.05) is 0 Å². The van der Waals surface area contributed by atoms with E-state index in [0.717, 1.165) is 18.4 Å². The van der Waals surface area contributed by atoms with E-state index < -0.39 is 6.10 Å². The highest BCUT2D eigenvalue weighted by Gasteiger charge is 2.15. The Balaban J connectivity index is 2.09.